The van der Waals surface area contributed by atoms with Gasteiger partial charge in [-0.1, -0.05) is 6.07 Å². The summed E-state index contributed by atoms with van der Waals surface area (Å²) in [6.07, 6.45) is 2.04. The molecule has 9 heteroatoms. The van der Waals surface area contributed by atoms with Crippen molar-refractivity contribution in [2.24, 2.45) is 5.92 Å². The molecule has 0 radical (unpaired) electrons. The van der Waals surface area contributed by atoms with Crippen molar-refractivity contribution in [3.8, 4) is 0 Å². The molecule has 1 saturated heterocycles. The molecule has 31 heavy (non-hydrogen) atoms. The molecule has 0 saturated carbocycles. The van der Waals surface area contributed by atoms with Crippen LogP contribution in [0.25, 0.3) is 0 Å². The third-order valence-corrected chi connectivity index (χ3v) is 8.03. The lowest BCUT2D eigenvalue weighted by atomic mass is 9.97. The number of hydrogen-bond donors (Lipinski definition) is 0. The maximum absolute atomic E-state index is 13.3. The molecule has 4 rings (SSSR count). The predicted octanol–water partition coefficient (Wildman–Crippen LogP) is 3.20. The number of rotatable bonds is 4. The predicted molar refractivity (Wildman–Crippen MR) is 117 cm³/mol. The lowest BCUT2D eigenvalue weighted by Crippen LogP contribution is -2.46. The number of anilines is 1. The van der Waals surface area contributed by atoms with E-state index in [4.69, 9.17) is 0 Å². The monoisotopic (exact) mass is 443 g/mol. The van der Waals surface area contributed by atoms with Crippen molar-refractivity contribution < 1.29 is 18.1 Å². The van der Waals surface area contributed by atoms with Crippen LogP contribution in [0.3, 0.4) is 0 Å². The van der Waals surface area contributed by atoms with Gasteiger partial charge in [-0.2, -0.15) is 4.31 Å². The molecule has 0 spiro atoms. The van der Waals surface area contributed by atoms with E-state index < -0.39 is 20.9 Å². The zero-order valence-electron chi connectivity index (χ0n) is 17.6. The number of fused-ring (bicyclic) bond motifs is 1. The van der Waals surface area contributed by atoms with Crippen LogP contribution in [0, 0.1) is 29.9 Å². The van der Waals surface area contributed by atoms with E-state index in [1.807, 2.05) is 17.9 Å². The van der Waals surface area contributed by atoms with E-state index in [1.54, 1.807) is 0 Å². The third-order valence-electron chi connectivity index (χ3n) is 6.15. The summed E-state index contributed by atoms with van der Waals surface area (Å²) in [5.41, 5.74) is 4.24. The number of sulfonamides is 1. The van der Waals surface area contributed by atoms with Gasteiger partial charge in [0.15, 0.2) is 0 Å². The Kier molecular flexibility index (Phi) is 5.57. The molecule has 2 aromatic carbocycles. The SMILES string of the molecule is Cc1cc(C)c2c(c1)N(C(=O)C1CCCN(S(=O)(=O)c3ccc([N+](=O)[O-])cc3)C1)CC2. The highest BCUT2D eigenvalue weighted by atomic mass is 32.2. The Hall–Kier alpha value is -2.78. The Balaban J connectivity index is 1.54. The molecule has 0 aromatic heterocycles. The van der Waals surface area contributed by atoms with Gasteiger partial charge >= 0.3 is 0 Å². The van der Waals surface area contributed by atoms with Crippen molar-refractivity contribution in [2.75, 3.05) is 24.5 Å². The molecule has 1 amide bonds. The number of non-ortho nitro benzene ring substituents is 1. The summed E-state index contributed by atoms with van der Waals surface area (Å²) in [5.74, 6) is -0.444. The molecule has 1 atom stereocenters. The maximum Gasteiger partial charge on any atom is 0.269 e. The summed E-state index contributed by atoms with van der Waals surface area (Å²) >= 11 is 0. The van der Waals surface area contributed by atoms with Gasteiger partial charge in [-0.25, -0.2) is 8.42 Å². The van der Waals surface area contributed by atoms with Gasteiger partial charge < -0.3 is 4.90 Å². The number of hydrogen-bond acceptors (Lipinski definition) is 5. The van der Waals surface area contributed by atoms with E-state index in [0.29, 0.717) is 25.9 Å². The number of nitrogens with zero attached hydrogens (tertiary/aromatic N) is 3. The van der Waals surface area contributed by atoms with E-state index in [-0.39, 0.29) is 23.0 Å². The van der Waals surface area contributed by atoms with Crippen molar-refractivity contribution in [3.05, 3.63) is 63.2 Å². The summed E-state index contributed by atoms with van der Waals surface area (Å²) < 4.78 is 27.5. The first-order chi connectivity index (χ1) is 14.7. The number of nitro groups is 1. The first kappa shape index (κ1) is 21.5. The summed E-state index contributed by atoms with van der Waals surface area (Å²) in [4.78, 5) is 25.4. The van der Waals surface area contributed by atoms with Crippen molar-refractivity contribution in [1.29, 1.82) is 0 Å². The van der Waals surface area contributed by atoms with E-state index in [2.05, 4.69) is 13.0 Å². The first-order valence-corrected chi connectivity index (χ1v) is 11.8. The fourth-order valence-corrected chi connectivity index (χ4v) is 6.11. The Morgan fingerprint density at radius 1 is 1.13 bits per heavy atom. The molecular formula is C22H25N3O5S. The third kappa shape index (κ3) is 3.95. The fraction of sp³-hybridized carbons (Fsp3) is 0.409. The van der Waals surface area contributed by atoms with E-state index >= 15 is 0 Å². The summed E-state index contributed by atoms with van der Waals surface area (Å²) in [7, 11) is -3.83. The lowest BCUT2D eigenvalue weighted by molar-refractivity contribution is -0.384. The molecule has 1 unspecified atom stereocenters. The van der Waals surface area contributed by atoms with Crippen LogP contribution in [0.15, 0.2) is 41.3 Å². The number of carbonyl (C=O) groups excluding carboxylic acids is 1. The van der Waals surface area contributed by atoms with Crippen LogP contribution in [-0.2, 0) is 21.2 Å². The number of amides is 1. The lowest BCUT2D eigenvalue weighted by Gasteiger charge is -2.33. The highest BCUT2D eigenvalue weighted by Crippen LogP contribution is 2.34. The zero-order valence-corrected chi connectivity index (χ0v) is 18.4. The molecular weight excluding hydrogens is 418 g/mol. The summed E-state index contributed by atoms with van der Waals surface area (Å²) in [6.45, 7) is 5.13. The summed E-state index contributed by atoms with van der Waals surface area (Å²) in [5, 5.41) is 10.8. The Bertz CT molecular complexity index is 1140. The average Bonchev–Trinajstić information content (AvgIpc) is 3.17. The molecule has 0 aliphatic carbocycles. The van der Waals surface area contributed by atoms with Crippen LogP contribution < -0.4 is 4.90 Å². The average molecular weight is 444 g/mol. The minimum atomic E-state index is -3.83. The number of benzene rings is 2. The second-order valence-corrected chi connectivity index (χ2v) is 10.2. The van der Waals surface area contributed by atoms with Crippen LogP contribution in [0.4, 0.5) is 11.4 Å². The second kappa shape index (κ2) is 8.05. The van der Waals surface area contributed by atoms with Gasteiger partial charge in [0, 0.05) is 37.5 Å². The standard InChI is InChI=1S/C22H25N3O5S/c1-15-12-16(2)20-9-11-24(21(20)13-15)22(26)17-4-3-10-23(14-17)31(29,30)19-7-5-18(6-8-19)25(27)28/h5-8,12-13,17H,3-4,9-11,14H2,1-2H3. The Labute approximate surface area is 181 Å². The molecule has 2 aliphatic rings. The van der Waals surface area contributed by atoms with Gasteiger partial charge in [-0.05, 0) is 68.0 Å². The van der Waals surface area contributed by atoms with Crippen molar-refractivity contribution in [3.63, 3.8) is 0 Å². The van der Waals surface area contributed by atoms with Gasteiger partial charge in [-0.15, -0.1) is 0 Å². The largest absolute Gasteiger partial charge is 0.312 e. The van der Waals surface area contributed by atoms with Crippen LogP contribution in [0.1, 0.15) is 29.5 Å². The van der Waals surface area contributed by atoms with Gasteiger partial charge in [0.25, 0.3) is 5.69 Å². The molecule has 0 N–H and O–H groups in total. The maximum atomic E-state index is 13.3. The van der Waals surface area contributed by atoms with Crippen molar-refractivity contribution in [1.82, 2.24) is 4.31 Å². The number of aryl methyl sites for hydroxylation is 2. The van der Waals surface area contributed by atoms with Crippen molar-refractivity contribution in [2.45, 2.75) is 38.0 Å². The molecule has 8 nitrogen and oxygen atoms in total. The van der Waals surface area contributed by atoms with Gasteiger partial charge in [-0.3, -0.25) is 14.9 Å². The number of carbonyl (C=O) groups is 1. The molecule has 2 aromatic rings. The number of piperidine rings is 1. The van der Waals surface area contributed by atoms with Gasteiger partial charge in [0.1, 0.15) is 0 Å². The molecule has 164 valence electrons. The van der Waals surface area contributed by atoms with Gasteiger partial charge in [0.05, 0.1) is 15.7 Å². The number of nitro benzene ring substituents is 1. The van der Waals surface area contributed by atoms with Crippen LogP contribution in [0.2, 0.25) is 0 Å². The van der Waals surface area contributed by atoms with Crippen LogP contribution >= 0.6 is 0 Å². The van der Waals surface area contributed by atoms with E-state index in [9.17, 15) is 23.3 Å². The molecule has 1 fully saturated rings. The van der Waals surface area contributed by atoms with Crippen LogP contribution in [0.5, 0.6) is 0 Å². The Morgan fingerprint density at radius 2 is 1.84 bits per heavy atom. The van der Waals surface area contributed by atoms with Crippen LogP contribution in [-0.4, -0.2) is 43.2 Å². The minimum Gasteiger partial charge on any atom is -0.312 e. The normalized spacial score (nSPS) is 19.3. The first-order valence-electron chi connectivity index (χ1n) is 10.3. The van der Waals surface area contributed by atoms with Gasteiger partial charge in [0.2, 0.25) is 15.9 Å². The highest BCUT2D eigenvalue weighted by molar-refractivity contribution is 7.89. The highest BCUT2D eigenvalue weighted by Gasteiger charge is 2.37. The minimum absolute atomic E-state index is 0.00367. The fourth-order valence-electron chi connectivity index (χ4n) is 4.59. The summed E-state index contributed by atoms with van der Waals surface area (Å²) in [6, 6.07) is 9.02. The zero-order chi connectivity index (χ0) is 22.3. The van der Waals surface area contributed by atoms with Crippen molar-refractivity contribution >= 4 is 27.3 Å². The van der Waals surface area contributed by atoms with E-state index in [1.165, 1.54) is 39.7 Å². The smallest absolute Gasteiger partial charge is 0.269 e. The second-order valence-electron chi connectivity index (χ2n) is 8.27. The van der Waals surface area contributed by atoms with E-state index in [0.717, 1.165) is 17.7 Å². The molecule has 2 aliphatic heterocycles. The quantitative estimate of drug-likeness (QED) is 0.534. The molecule has 2 heterocycles. The topological polar surface area (TPSA) is 101 Å². The molecule has 0 bridgehead atoms. The Morgan fingerprint density at radius 3 is 2.52 bits per heavy atom.